The van der Waals surface area contributed by atoms with E-state index in [9.17, 15) is 8.76 Å². The zero-order valence-electron chi connectivity index (χ0n) is 13.2. The van der Waals surface area contributed by atoms with Crippen molar-refractivity contribution in [2.24, 2.45) is 0 Å². The molecule has 0 radical (unpaired) electrons. The van der Waals surface area contributed by atoms with Crippen molar-refractivity contribution in [2.45, 2.75) is 4.90 Å². The number of hydrogen-bond acceptors (Lipinski definition) is 3. The molecule has 0 fully saturated rings. The van der Waals surface area contributed by atoms with Gasteiger partial charge in [-0.1, -0.05) is 18.1 Å². The van der Waals surface area contributed by atoms with E-state index in [1.54, 1.807) is 0 Å². The molecule has 2 aromatic rings. The third-order valence-electron chi connectivity index (χ3n) is 1.39. The van der Waals surface area contributed by atoms with Gasteiger partial charge in [0.05, 0.1) is 18.6 Å². The molecule has 66 valence electrons. The van der Waals surface area contributed by atoms with Crippen LogP contribution in [0.2, 0.25) is 0 Å². The van der Waals surface area contributed by atoms with E-state index in [1.807, 2.05) is 0 Å². The van der Waals surface area contributed by atoms with Crippen molar-refractivity contribution in [2.75, 3.05) is 0 Å². The summed E-state index contributed by atoms with van der Waals surface area (Å²) in [5, 5.41) is -0.304. The van der Waals surface area contributed by atoms with Gasteiger partial charge in [-0.05, 0) is 23.2 Å². The fourth-order valence-corrected chi connectivity index (χ4v) is 1.31. The number of fused-ring (bicyclic) bond motifs is 1. The molecule has 3 nitrogen and oxygen atoms in total. The fourth-order valence-electron chi connectivity index (χ4n) is 0.874. The molecule has 0 aliphatic heterocycles. The predicted molar refractivity (Wildman–Crippen MR) is 48.9 cm³/mol. The third-order valence-corrected chi connectivity index (χ3v) is 2.02. The number of hydrogen-bond donors (Lipinski definition) is 0. The van der Waals surface area contributed by atoms with Gasteiger partial charge >= 0.3 is 29.6 Å². The number of pyridine rings is 1. The van der Waals surface area contributed by atoms with Gasteiger partial charge in [-0.15, -0.1) is 0 Å². The third kappa shape index (κ3) is 2.21. The summed E-state index contributed by atoms with van der Waals surface area (Å²) in [4.78, 5) is 2.94. The summed E-state index contributed by atoms with van der Waals surface area (Å²) in [6.07, 6.45) is -0.610. The number of rotatable bonds is 1. The Morgan fingerprint density at radius 1 is 1.36 bits per heavy atom. The molecule has 14 heavy (non-hydrogen) atoms. The van der Waals surface area contributed by atoms with E-state index in [0.29, 0.717) is 0 Å². The Kier molecular flexibility index (Phi) is 2.04. The van der Waals surface area contributed by atoms with Gasteiger partial charge in [-0.2, -0.15) is 0 Å². The molecule has 0 bridgehead atoms. The van der Waals surface area contributed by atoms with E-state index in [-0.39, 0.29) is 40.5 Å². The fraction of sp³-hybridized carbons (Fsp3) is 0. The normalized spacial score (nSPS) is 18.1. The Hall–Kier alpha value is -0.260. The van der Waals surface area contributed by atoms with Crippen LogP contribution in [-0.2, 0) is 11.1 Å². The molecule has 1 heterocycles. The second-order valence-electron chi connectivity index (χ2n) is 2.14. The van der Waals surface area contributed by atoms with Crippen LogP contribution < -0.4 is 29.6 Å². The van der Waals surface area contributed by atoms with Crippen LogP contribution in [0.5, 0.6) is 0 Å². The van der Waals surface area contributed by atoms with Crippen molar-refractivity contribution in [1.29, 1.82) is 0 Å². The number of benzene rings is 1. The van der Waals surface area contributed by atoms with Crippen LogP contribution in [0.25, 0.3) is 10.9 Å². The van der Waals surface area contributed by atoms with Gasteiger partial charge < -0.3 is 4.55 Å². The molecule has 0 saturated carbocycles. The molecule has 0 spiro atoms. The summed E-state index contributed by atoms with van der Waals surface area (Å²) in [5.74, 6) is 0. The summed E-state index contributed by atoms with van der Waals surface area (Å²) < 4.78 is 67.5. The van der Waals surface area contributed by atoms with E-state index in [2.05, 4.69) is 4.98 Å². The van der Waals surface area contributed by atoms with Crippen LogP contribution in [0.3, 0.4) is 0 Å². The van der Waals surface area contributed by atoms with Gasteiger partial charge in [0.25, 0.3) is 0 Å². The second kappa shape index (κ2) is 5.00. The van der Waals surface area contributed by atoms with Crippen LogP contribution in [0, 0.1) is 0 Å². The van der Waals surface area contributed by atoms with Crippen LogP contribution in [0.1, 0.15) is 8.22 Å². The summed E-state index contributed by atoms with van der Waals surface area (Å²) in [6.45, 7) is 0. The first-order chi connectivity index (χ1) is 8.77. The minimum absolute atomic E-state index is 0. The van der Waals surface area contributed by atoms with Gasteiger partial charge in [-0.25, -0.2) is 0 Å². The van der Waals surface area contributed by atoms with Crippen molar-refractivity contribution in [3.8, 4) is 0 Å². The number of nitrogens with zero attached hydrogens (tertiary/aromatic N) is 1. The van der Waals surface area contributed by atoms with E-state index in [1.165, 1.54) is 0 Å². The molecular weight excluding hydrogens is 209 g/mol. The molecule has 0 saturated heterocycles. The standard InChI is InChI=1S/C9H7NO2S.Na/c11-13(12)8-5-1-3-7-4-2-6-10-9(7)8;/h1-6H,(H,11,12);/q;+1/p-1/i1D,2D,3D,4D,5D,6D;. The molecule has 0 aliphatic carbocycles. The Morgan fingerprint density at radius 2 is 2.07 bits per heavy atom. The number of para-hydroxylation sites is 1. The average Bonchev–Trinajstić information content (AvgIpc) is 2.33. The van der Waals surface area contributed by atoms with Gasteiger partial charge in [0, 0.05) is 11.6 Å². The summed E-state index contributed by atoms with van der Waals surface area (Å²) in [7, 11) is 0. The zero-order chi connectivity index (χ0) is 14.5. The first-order valence-electron chi connectivity index (χ1n) is 6.23. The minimum atomic E-state index is -2.89. The van der Waals surface area contributed by atoms with Crippen molar-refractivity contribution in [1.82, 2.24) is 4.98 Å². The van der Waals surface area contributed by atoms with E-state index in [4.69, 9.17) is 8.22 Å². The maximum absolute atomic E-state index is 11.1. The van der Waals surface area contributed by atoms with Gasteiger partial charge in [0.15, 0.2) is 0 Å². The van der Waals surface area contributed by atoms with E-state index >= 15 is 0 Å². The molecular formula is C9H6NNaO2S. The molecule has 1 atom stereocenters. The average molecular weight is 221 g/mol. The Balaban J connectivity index is 0.00000200. The maximum Gasteiger partial charge on any atom is 1.00 e. The maximum atomic E-state index is 11.1. The second-order valence-corrected chi connectivity index (χ2v) is 3.01. The van der Waals surface area contributed by atoms with Crippen molar-refractivity contribution < 1.29 is 46.5 Å². The number of aromatic nitrogens is 1. The Bertz CT molecular complexity index is 732. The van der Waals surface area contributed by atoms with Crippen LogP contribution in [-0.4, -0.2) is 13.7 Å². The molecule has 1 aromatic carbocycles. The van der Waals surface area contributed by atoms with Crippen LogP contribution in [0.4, 0.5) is 0 Å². The molecule has 0 amide bonds. The molecule has 1 aromatic heterocycles. The first-order valence-corrected chi connectivity index (χ1v) is 4.31. The quantitative estimate of drug-likeness (QED) is 0.434. The molecule has 0 aliphatic rings. The largest absolute Gasteiger partial charge is 1.00 e. The molecule has 5 heteroatoms. The topological polar surface area (TPSA) is 53.0 Å². The minimum Gasteiger partial charge on any atom is -0.768 e. The zero-order valence-corrected chi connectivity index (χ0v) is 9.99. The van der Waals surface area contributed by atoms with E-state index in [0.717, 1.165) is 0 Å². The SMILES string of the molecule is [2H]c1nc2c(S(=O)[O-])c([2H])c([2H])c([2H])c2c([2H])c1[2H].[Na+]. The molecule has 1 unspecified atom stereocenters. The van der Waals surface area contributed by atoms with Gasteiger partial charge in [0.1, 0.15) is 0 Å². The molecule has 2 rings (SSSR count). The van der Waals surface area contributed by atoms with E-state index < -0.39 is 52.4 Å². The monoisotopic (exact) mass is 221 g/mol. The van der Waals surface area contributed by atoms with Crippen molar-refractivity contribution >= 4 is 22.0 Å². The first kappa shape index (κ1) is 5.72. The summed E-state index contributed by atoms with van der Waals surface area (Å²) in [5.41, 5.74) is -0.384. The Labute approximate surface area is 115 Å². The summed E-state index contributed by atoms with van der Waals surface area (Å²) in [6, 6.07) is -2.99. The Morgan fingerprint density at radius 3 is 2.79 bits per heavy atom. The summed E-state index contributed by atoms with van der Waals surface area (Å²) >= 11 is -2.89. The molecule has 0 N–H and O–H groups in total. The van der Waals surface area contributed by atoms with Gasteiger partial charge in [-0.3, -0.25) is 9.19 Å². The predicted octanol–water partition coefficient (Wildman–Crippen LogP) is -1.52. The van der Waals surface area contributed by atoms with Gasteiger partial charge in [0.2, 0.25) is 0 Å². The van der Waals surface area contributed by atoms with Crippen LogP contribution in [0.15, 0.2) is 41.3 Å². The smallest absolute Gasteiger partial charge is 0.768 e. The van der Waals surface area contributed by atoms with Crippen molar-refractivity contribution in [3.05, 3.63) is 36.4 Å². The van der Waals surface area contributed by atoms with Crippen LogP contribution >= 0.6 is 0 Å². The van der Waals surface area contributed by atoms with Crippen molar-refractivity contribution in [3.63, 3.8) is 0 Å².